The van der Waals surface area contributed by atoms with Gasteiger partial charge in [-0.05, 0) is 55.0 Å². The number of carbonyl (C=O) groups is 1. The third kappa shape index (κ3) is 4.27. The molecular formula is C22H22F3N3O2. The number of nitrogens with zero attached hydrogens (tertiary/aromatic N) is 1. The Hall–Kier alpha value is -3.03. The van der Waals surface area contributed by atoms with Crippen molar-refractivity contribution >= 4 is 22.5 Å². The van der Waals surface area contributed by atoms with E-state index in [0.29, 0.717) is 23.2 Å². The highest BCUT2D eigenvalue weighted by Gasteiger charge is 2.32. The number of para-hydroxylation sites is 1. The van der Waals surface area contributed by atoms with E-state index in [1.54, 1.807) is 42.5 Å². The predicted octanol–water partition coefficient (Wildman–Crippen LogP) is 5.24. The molecule has 0 bridgehead atoms. The van der Waals surface area contributed by atoms with Gasteiger partial charge in [0.25, 0.3) is 0 Å². The maximum absolute atomic E-state index is 13.1. The number of ether oxygens (including phenoxy) is 1. The van der Waals surface area contributed by atoms with Crippen molar-refractivity contribution in [2.75, 3.05) is 12.3 Å². The highest BCUT2D eigenvalue weighted by atomic mass is 19.4. The van der Waals surface area contributed by atoms with Gasteiger partial charge in [0.05, 0.1) is 5.52 Å². The number of carbonyl (C=O) groups excluding carboxylic acids is 1. The van der Waals surface area contributed by atoms with E-state index in [-0.39, 0.29) is 23.4 Å². The molecule has 5 nitrogen and oxygen atoms in total. The molecule has 0 radical (unpaired) electrons. The smallest absolute Gasteiger partial charge is 0.422 e. The number of aromatic nitrogens is 2. The molecule has 2 atom stereocenters. The van der Waals surface area contributed by atoms with Crippen molar-refractivity contribution in [2.24, 2.45) is 5.92 Å². The fraction of sp³-hybridized carbons (Fsp3) is 0.364. The Bertz CT molecular complexity index is 1060. The second-order valence-corrected chi connectivity index (χ2v) is 7.74. The largest absolute Gasteiger partial charge is 0.484 e. The van der Waals surface area contributed by atoms with Crippen LogP contribution in [0, 0.1) is 5.92 Å². The highest BCUT2D eigenvalue weighted by Crippen LogP contribution is 2.41. The molecule has 2 aromatic carbocycles. The summed E-state index contributed by atoms with van der Waals surface area (Å²) in [6.07, 6.45) is -1.44. The Morgan fingerprint density at radius 1 is 1.20 bits per heavy atom. The lowest BCUT2D eigenvalue weighted by atomic mass is 9.75. The summed E-state index contributed by atoms with van der Waals surface area (Å²) >= 11 is 0. The summed E-state index contributed by atoms with van der Waals surface area (Å²) in [6.45, 7) is -1.33. The van der Waals surface area contributed by atoms with Gasteiger partial charge in [-0.2, -0.15) is 18.3 Å². The topological polar surface area (TPSA) is 81.0 Å². The average Bonchev–Trinajstić information content (AvgIpc) is 3.12. The Balaban J connectivity index is 1.53. The number of halogens is 3. The molecule has 0 saturated heterocycles. The zero-order valence-electron chi connectivity index (χ0n) is 16.2. The van der Waals surface area contributed by atoms with E-state index in [1.807, 2.05) is 0 Å². The van der Waals surface area contributed by atoms with Crippen molar-refractivity contribution in [1.82, 2.24) is 10.2 Å². The molecule has 1 saturated carbocycles. The number of nitrogens with two attached hydrogens (primary N) is 1. The van der Waals surface area contributed by atoms with Crippen LogP contribution in [0.5, 0.6) is 5.75 Å². The standard InChI is InChI=1S/C22H22F3N3O2/c23-22(24,25)12-30-19-7-2-1-6-16(19)13-4-3-5-14(10-13)20(29)15-8-9-18-17(11-15)21(26)28-27-18/h1-2,6-9,11,13-14H,3-5,10,12H2,(H3,26,27,28). The molecule has 8 heteroatoms. The van der Waals surface area contributed by atoms with Gasteiger partial charge < -0.3 is 10.5 Å². The number of alkyl halides is 3. The van der Waals surface area contributed by atoms with Gasteiger partial charge in [0, 0.05) is 16.9 Å². The fourth-order valence-corrected chi connectivity index (χ4v) is 4.24. The van der Waals surface area contributed by atoms with Crippen molar-refractivity contribution < 1.29 is 22.7 Å². The summed E-state index contributed by atoms with van der Waals surface area (Å²) in [7, 11) is 0. The van der Waals surface area contributed by atoms with Crippen molar-refractivity contribution in [3.05, 3.63) is 53.6 Å². The Labute approximate surface area is 171 Å². The van der Waals surface area contributed by atoms with Crippen LogP contribution in [0.1, 0.15) is 47.5 Å². The van der Waals surface area contributed by atoms with E-state index in [4.69, 9.17) is 10.5 Å². The first kappa shape index (κ1) is 20.3. The lowest BCUT2D eigenvalue weighted by Gasteiger charge is -2.30. The number of hydrogen-bond donors (Lipinski definition) is 2. The first-order valence-electron chi connectivity index (χ1n) is 9.88. The van der Waals surface area contributed by atoms with Gasteiger partial charge in [-0.25, -0.2) is 0 Å². The summed E-state index contributed by atoms with van der Waals surface area (Å²) in [5.74, 6) is 0.373. The number of anilines is 1. The molecule has 158 valence electrons. The Kier molecular flexibility index (Phi) is 5.40. The van der Waals surface area contributed by atoms with Crippen molar-refractivity contribution in [2.45, 2.75) is 37.8 Å². The molecule has 30 heavy (non-hydrogen) atoms. The molecule has 3 aromatic rings. The van der Waals surface area contributed by atoms with Crippen LogP contribution in [0.2, 0.25) is 0 Å². The highest BCUT2D eigenvalue weighted by molar-refractivity contribution is 6.02. The van der Waals surface area contributed by atoms with Gasteiger partial charge in [-0.3, -0.25) is 9.89 Å². The van der Waals surface area contributed by atoms with E-state index in [2.05, 4.69) is 10.2 Å². The molecule has 2 unspecified atom stereocenters. The minimum Gasteiger partial charge on any atom is -0.484 e. The molecule has 0 amide bonds. The molecule has 3 N–H and O–H groups in total. The van der Waals surface area contributed by atoms with E-state index in [9.17, 15) is 18.0 Å². The van der Waals surface area contributed by atoms with Crippen LogP contribution in [0.3, 0.4) is 0 Å². The third-order valence-corrected chi connectivity index (χ3v) is 5.67. The number of benzene rings is 2. The molecule has 0 aliphatic heterocycles. The predicted molar refractivity (Wildman–Crippen MR) is 108 cm³/mol. The molecule has 1 aliphatic rings. The molecule has 1 heterocycles. The zero-order valence-corrected chi connectivity index (χ0v) is 16.2. The van der Waals surface area contributed by atoms with Crippen LogP contribution in [-0.4, -0.2) is 28.8 Å². The molecule has 1 aliphatic carbocycles. The first-order valence-corrected chi connectivity index (χ1v) is 9.88. The van der Waals surface area contributed by atoms with Crippen LogP contribution >= 0.6 is 0 Å². The number of nitrogen functional groups attached to an aromatic ring is 1. The van der Waals surface area contributed by atoms with Crippen LogP contribution in [0.25, 0.3) is 10.9 Å². The lowest BCUT2D eigenvalue weighted by Crippen LogP contribution is -2.23. The molecule has 0 spiro atoms. The number of nitrogens with one attached hydrogen (secondary N) is 1. The van der Waals surface area contributed by atoms with Gasteiger partial charge >= 0.3 is 6.18 Å². The van der Waals surface area contributed by atoms with Crippen molar-refractivity contribution in [3.8, 4) is 5.75 Å². The number of H-pyrrole nitrogens is 1. The summed E-state index contributed by atoms with van der Waals surface area (Å²) in [6, 6.07) is 12.1. The Morgan fingerprint density at radius 3 is 2.80 bits per heavy atom. The number of rotatable bonds is 5. The normalized spacial score (nSPS) is 19.7. The molecule has 1 fully saturated rings. The molecule has 4 rings (SSSR count). The monoisotopic (exact) mass is 417 g/mol. The summed E-state index contributed by atoms with van der Waals surface area (Å²) in [5.41, 5.74) is 7.92. The van der Waals surface area contributed by atoms with E-state index < -0.39 is 12.8 Å². The van der Waals surface area contributed by atoms with Crippen LogP contribution in [-0.2, 0) is 0 Å². The van der Waals surface area contributed by atoms with Crippen LogP contribution in [0.4, 0.5) is 19.0 Å². The van der Waals surface area contributed by atoms with Gasteiger partial charge in [-0.15, -0.1) is 0 Å². The summed E-state index contributed by atoms with van der Waals surface area (Å²) < 4.78 is 42.9. The molecular weight excluding hydrogens is 395 g/mol. The quantitative estimate of drug-likeness (QED) is 0.556. The van der Waals surface area contributed by atoms with E-state index in [1.165, 1.54) is 0 Å². The van der Waals surface area contributed by atoms with Gasteiger partial charge in [0.1, 0.15) is 5.75 Å². The number of fused-ring (bicyclic) bond motifs is 1. The van der Waals surface area contributed by atoms with Crippen molar-refractivity contribution in [3.63, 3.8) is 0 Å². The van der Waals surface area contributed by atoms with Gasteiger partial charge in [0.15, 0.2) is 18.2 Å². The average molecular weight is 417 g/mol. The number of hydrogen-bond acceptors (Lipinski definition) is 4. The lowest BCUT2D eigenvalue weighted by molar-refractivity contribution is -0.153. The molecule has 1 aromatic heterocycles. The van der Waals surface area contributed by atoms with Gasteiger partial charge in [0.2, 0.25) is 0 Å². The number of aromatic amines is 1. The minimum absolute atomic E-state index is 0.0240. The maximum Gasteiger partial charge on any atom is 0.422 e. The van der Waals surface area contributed by atoms with E-state index in [0.717, 1.165) is 30.3 Å². The number of ketones is 1. The summed E-state index contributed by atoms with van der Waals surface area (Å²) in [4.78, 5) is 13.1. The SMILES string of the molecule is Nc1n[nH]c2ccc(C(=O)C3CCCC(c4ccccc4OCC(F)(F)F)C3)cc12. The second-order valence-electron chi connectivity index (χ2n) is 7.74. The minimum atomic E-state index is -4.40. The van der Waals surface area contributed by atoms with Crippen molar-refractivity contribution in [1.29, 1.82) is 0 Å². The maximum atomic E-state index is 13.1. The van der Waals surface area contributed by atoms with Crippen LogP contribution in [0.15, 0.2) is 42.5 Å². The second kappa shape index (κ2) is 8.01. The number of Topliss-reactive ketones (excluding diaryl/α,β-unsaturated/α-hetero) is 1. The third-order valence-electron chi connectivity index (χ3n) is 5.67. The zero-order chi connectivity index (χ0) is 21.3. The van der Waals surface area contributed by atoms with E-state index >= 15 is 0 Å². The van der Waals surface area contributed by atoms with Crippen LogP contribution < -0.4 is 10.5 Å². The first-order chi connectivity index (χ1) is 14.3. The Morgan fingerprint density at radius 2 is 2.00 bits per heavy atom. The van der Waals surface area contributed by atoms with Gasteiger partial charge in [-0.1, -0.05) is 24.6 Å². The summed E-state index contributed by atoms with van der Waals surface area (Å²) in [5, 5.41) is 7.47. The fourth-order valence-electron chi connectivity index (χ4n) is 4.24.